The maximum atomic E-state index is 6.44. The molecule has 0 aromatic heterocycles. The van der Waals surface area contributed by atoms with E-state index in [2.05, 4.69) is 23.8 Å². The molecular formula is C14H30N2O3Si. The molecule has 2 unspecified atom stereocenters. The van der Waals surface area contributed by atoms with Crippen LogP contribution in [0.15, 0.2) is 0 Å². The van der Waals surface area contributed by atoms with Gasteiger partial charge in [-0.2, -0.15) is 0 Å². The first-order valence-corrected chi connectivity index (χ1v) is 10.1. The molecule has 2 rings (SSSR count). The summed E-state index contributed by atoms with van der Waals surface area (Å²) in [5.74, 6) is 0. The van der Waals surface area contributed by atoms with Crippen molar-refractivity contribution in [3.8, 4) is 0 Å². The standard InChI is InChI=1S/C14H30N2O3Si/c1-4-20(17-3)11-5-10-18-13-14(19-20)12-16-8-6-15(2)7-9-16/h14H,4-13H2,1-3H3. The monoisotopic (exact) mass is 302 g/mol. The Kier molecular flexibility index (Phi) is 6.44. The van der Waals surface area contributed by atoms with Crippen molar-refractivity contribution in [3.63, 3.8) is 0 Å². The Hall–Kier alpha value is 0.0169. The van der Waals surface area contributed by atoms with Crippen molar-refractivity contribution in [1.82, 2.24) is 9.80 Å². The molecule has 6 heteroatoms. The van der Waals surface area contributed by atoms with Gasteiger partial charge in [-0.1, -0.05) is 6.92 Å². The molecule has 2 fully saturated rings. The third kappa shape index (κ3) is 4.51. The van der Waals surface area contributed by atoms with E-state index >= 15 is 0 Å². The van der Waals surface area contributed by atoms with Crippen LogP contribution >= 0.6 is 0 Å². The van der Waals surface area contributed by atoms with E-state index in [0.717, 1.165) is 57.8 Å². The minimum Gasteiger partial charge on any atom is -0.398 e. The van der Waals surface area contributed by atoms with Gasteiger partial charge in [-0.3, -0.25) is 4.90 Å². The van der Waals surface area contributed by atoms with E-state index in [0.29, 0.717) is 6.61 Å². The Morgan fingerprint density at radius 1 is 1.25 bits per heavy atom. The number of ether oxygens (including phenoxy) is 1. The average Bonchev–Trinajstić information content (AvgIpc) is 2.44. The SMILES string of the molecule is CC[Si]1(OC)CCCOCC(CN2CCN(C)CC2)O1. The highest BCUT2D eigenvalue weighted by molar-refractivity contribution is 6.67. The van der Waals surface area contributed by atoms with Gasteiger partial charge in [0.1, 0.15) is 0 Å². The van der Waals surface area contributed by atoms with Crippen molar-refractivity contribution < 1.29 is 13.6 Å². The van der Waals surface area contributed by atoms with Crippen LogP contribution < -0.4 is 0 Å². The molecule has 0 aromatic carbocycles. The zero-order chi connectivity index (χ0) is 14.4. The van der Waals surface area contributed by atoms with E-state index in [9.17, 15) is 0 Å². The van der Waals surface area contributed by atoms with Crippen LogP contribution in [0.5, 0.6) is 0 Å². The highest BCUT2D eigenvalue weighted by Crippen LogP contribution is 2.24. The Labute approximate surface area is 124 Å². The van der Waals surface area contributed by atoms with Crippen LogP contribution in [0.1, 0.15) is 13.3 Å². The van der Waals surface area contributed by atoms with Gasteiger partial charge < -0.3 is 18.5 Å². The maximum Gasteiger partial charge on any atom is 0.338 e. The van der Waals surface area contributed by atoms with E-state index in [1.165, 1.54) is 0 Å². The van der Waals surface area contributed by atoms with Crippen molar-refractivity contribution in [2.45, 2.75) is 31.5 Å². The normalized spacial score (nSPS) is 34.6. The molecule has 0 radical (unpaired) electrons. The van der Waals surface area contributed by atoms with Gasteiger partial charge in [-0.25, -0.2) is 0 Å². The van der Waals surface area contributed by atoms with Gasteiger partial charge in [0, 0.05) is 46.4 Å². The van der Waals surface area contributed by atoms with Crippen LogP contribution in [0.3, 0.4) is 0 Å². The largest absolute Gasteiger partial charge is 0.398 e. The topological polar surface area (TPSA) is 34.2 Å². The molecule has 2 aliphatic rings. The molecule has 2 aliphatic heterocycles. The van der Waals surface area contributed by atoms with Crippen molar-refractivity contribution in [2.24, 2.45) is 0 Å². The van der Waals surface area contributed by atoms with Crippen LogP contribution in [-0.2, 0) is 13.6 Å². The molecular weight excluding hydrogens is 272 g/mol. The summed E-state index contributed by atoms with van der Waals surface area (Å²) in [6, 6.07) is 2.09. The van der Waals surface area contributed by atoms with Gasteiger partial charge >= 0.3 is 8.56 Å². The van der Waals surface area contributed by atoms with Gasteiger partial charge in [-0.15, -0.1) is 0 Å². The van der Waals surface area contributed by atoms with Gasteiger partial charge in [0.2, 0.25) is 0 Å². The molecule has 0 aliphatic carbocycles. The minimum absolute atomic E-state index is 0.172. The quantitative estimate of drug-likeness (QED) is 0.728. The number of nitrogens with zero attached hydrogens (tertiary/aromatic N) is 2. The van der Waals surface area contributed by atoms with Crippen molar-refractivity contribution in [1.29, 1.82) is 0 Å². The lowest BCUT2D eigenvalue weighted by Gasteiger charge is -2.39. The predicted molar refractivity (Wildman–Crippen MR) is 82.3 cm³/mol. The summed E-state index contributed by atoms with van der Waals surface area (Å²) in [4.78, 5) is 4.88. The Morgan fingerprint density at radius 2 is 2.00 bits per heavy atom. The van der Waals surface area contributed by atoms with E-state index in [1.807, 2.05) is 7.11 Å². The van der Waals surface area contributed by atoms with E-state index in [4.69, 9.17) is 13.6 Å². The molecule has 0 amide bonds. The molecule has 118 valence electrons. The van der Waals surface area contributed by atoms with Crippen LogP contribution in [-0.4, -0.2) is 84.6 Å². The zero-order valence-corrected chi connectivity index (χ0v) is 14.3. The molecule has 0 bridgehead atoms. The average molecular weight is 302 g/mol. The number of hydrogen-bond acceptors (Lipinski definition) is 5. The molecule has 0 saturated carbocycles. The lowest BCUT2D eigenvalue weighted by Crippen LogP contribution is -2.52. The van der Waals surface area contributed by atoms with Gasteiger partial charge in [-0.05, 0) is 25.6 Å². The summed E-state index contributed by atoms with van der Waals surface area (Å²) < 4.78 is 18.0. The first kappa shape index (κ1) is 16.4. The summed E-state index contributed by atoms with van der Waals surface area (Å²) in [7, 11) is 2.02. The molecule has 2 heterocycles. The van der Waals surface area contributed by atoms with E-state index < -0.39 is 8.56 Å². The Bertz CT molecular complexity index is 282. The molecule has 0 spiro atoms. The van der Waals surface area contributed by atoms with E-state index in [1.54, 1.807) is 0 Å². The molecule has 0 N–H and O–H groups in total. The second kappa shape index (κ2) is 7.86. The smallest absolute Gasteiger partial charge is 0.338 e. The molecule has 2 saturated heterocycles. The number of likely N-dealkylation sites (N-methyl/N-ethyl adjacent to an activating group) is 1. The highest BCUT2D eigenvalue weighted by atomic mass is 28.4. The fourth-order valence-corrected chi connectivity index (χ4v) is 5.68. The van der Waals surface area contributed by atoms with Gasteiger partial charge in [0.25, 0.3) is 0 Å². The summed E-state index contributed by atoms with van der Waals surface area (Å²) >= 11 is 0. The number of rotatable bonds is 4. The molecule has 5 nitrogen and oxygen atoms in total. The first-order chi connectivity index (χ1) is 9.67. The summed E-state index contributed by atoms with van der Waals surface area (Å²) in [6.07, 6.45) is 1.24. The van der Waals surface area contributed by atoms with Gasteiger partial charge in [0.05, 0.1) is 12.7 Å². The predicted octanol–water partition coefficient (Wildman–Crippen LogP) is 1.15. The van der Waals surface area contributed by atoms with Crippen LogP contribution in [0.25, 0.3) is 0 Å². The van der Waals surface area contributed by atoms with E-state index in [-0.39, 0.29) is 6.10 Å². The van der Waals surface area contributed by atoms with Crippen LogP contribution in [0, 0.1) is 0 Å². The summed E-state index contributed by atoms with van der Waals surface area (Å²) in [5.41, 5.74) is 0. The fourth-order valence-electron chi connectivity index (χ4n) is 3.02. The third-order valence-electron chi connectivity index (χ3n) is 4.50. The van der Waals surface area contributed by atoms with Crippen molar-refractivity contribution in [2.75, 3.05) is 60.1 Å². The van der Waals surface area contributed by atoms with Crippen LogP contribution in [0.2, 0.25) is 12.1 Å². The second-order valence-corrected chi connectivity index (χ2v) is 9.66. The molecule has 2 atom stereocenters. The summed E-state index contributed by atoms with van der Waals surface area (Å²) in [6.45, 7) is 9.29. The second-order valence-electron chi connectivity index (χ2n) is 5.99. The number of piperazine rings is 1. The minimum atomic E-state index is -1.99. The Balaban J connectivity index is 1.90. The maximum absolute atomic E-state index is 6.44. The molecule has 20 heavy (non-hydrogen) atoms. The van der Waals surface area contributed by atoms with Crippen molar-refractivity contribution in [3.05, 3.63) is 0 Å². The number of hydrogen-bond donors (Lipinski definition) is 0. The third-order valence-corrected chi connectivity index (χ3v) is 8.20. The van der Waals surface area contributed by atoms with Crippen molar-refractivity contribution >= 4 is 8.56 Å². The fraction of sp³-hybridized carbons (Fsp3) is 1.00. The molecule has 0 aromatic rings. The van der Waals surface area contributed by atoms with Crippen LogP contribution in [0.4, 0.5) is 0 Å². The lowest BCUT2D eigenvalue weighted by atomic mass is 10.3. The first-order valence-electron chi connectivity index (χ1n) is 7.89. The summed E-state index contributed by atoms with van der Waals surface area (Å²) in [5, 5.41) is 0. The lowest BCUT2D eigenvalue weighted by molar-refractivity contribution is -0.00643. The van der Waals surface area contributed by atoms with Gasteiger partial charge in [0.15, 0.2) is 0 Å². The Morgan fingerprint density at radius 3 is 2.65 bits per heavy atom. The zero-order valence-electron chi connectivity index (χ0n) is 13.3. The highest BCUT2D eigenvalue weighted by Gasteiger charge is 2.38.